The van der Waals surface area contributed by atoms with Gasteiger partial charge in [-0.1, -0.05) is 11.6 Å². The Morgan fingerprint density at radius 3 is 2.60 bits per heavy atom. The molecule has 0 spiro atoms. The van der Waals surface area contributed by atoms with Gasteiger partial charge in [0.15, 0.2) is 5.88 Å². The molecule has 0 bridgehead atoms. The first kappa shape index (κ1) is 17.4. The zero-order valence-electron chi connectivity index (χ0n) is 14.7. The Balaban J connectivity index is 1.95. The highest BCUT2D eigenvalue weighted by molar-refractivity contribution is 6.31. The molecule has 25 heavy (non-hydrogen) atoms. The van der Waals surface area contributed by atoms with Crippen molar-refractivity contribution in [3.8, 4) is 5.88 Å². The number of halogens is 1. The van der Waals surface area contributed by atoms with Crippen LogP contribution in [-0.4, -0.2) is 29.4 Å². The summed E-state index contributed by atoms with van der Waals surface area (Å²) in [5.74, 6) is 0.0958. The smallest absolute Gasteiger partial charge is 0.198 e. The molecule has 3 rings (SSSR count). The van der Waals surface area contributed by atoms with Crippen molar-refractivity contribution in [3.63, 3.8) is 0 Å². The summed E-state index contributed by atoms with van der Waals surface area (Å²) in [5.41, 5.74) is 4.65. The standard InChI is InChI=1S/C20H22ClN3O/c1-4-24(5-2)15-7-9-18(13(3)10-15)22-12-17-16-11-14(21)6-8-19(16)23-20(17)25/h6-12,23,25H,4-5H2,1-3H3. The first-order chi connectivity index (χ1) is 12.0. The summed E-state index contributed by atoms with van der Waals surface area (Å²) in [6, 6.07) is 11.7. The lowest BCUT2D eigenvalue weighted by molar-refractivity contribution is 0.457. The third-order valence-corrected chi connectivity index (χ3v) is 4.66. The minimum absolute atomic E-state index is 0.0958. The molecular formula is C20H22ClN3O. The lowest BCUT2D eigenvalue weighted by Crippen LogP contribution is -2.21. The number of anilines is 1. The minimum Gasteiger partial charge on any atom is -0.494 e. The van der Waals surface area contributed by atoms with Crippen LogP contribution in [0.5, 0.6) is 5.88 Å². The van der Waals surface area contributed by atoms with Crippen LogP contribution in [-0.2, 0) is 0 Å². The normalized spacial score (nSPS) is 11.5. The van der Waals surface area contributed by atoms with E-state index in [2.05, 4.69) is 40.9 Å². The predicted molar refractivity (Wildman–Crippen MR) is 107 cm³/mol. The molecule has 1 aromatic heterocycles. The average molecular weight is 356 g/mol. The Labute approximate surface area is 152 Å². The van der Waals surface area contributed by atoms with Crippen molar-refractivity contribution in [1.29, 1.82) is 0 Å². The maximum Gasteiger partial charge on any atom is 0.198 e. The summed E-state index contributed by atoms with van der Waals surface area (Å²) in [6.45, 7) is 8.29. The van der Waals surface area contributed by atoms with Crippen molar-refractivity contribution in [1.82, 2.24) is 4.98 Å². The fourth-order valence-electron chi connectivity index (χ4n) is 3.01. The summed E-state index contributed by atoms with van der Waals surface area (Å²) in [6.07, 6.45) is 1.68. The Kier molecular flexibility index (Phi) is 5.00. The van der Waals surface area contributed by atoms with Gasteiger partial charge in [0.1, 0.15) is 0 Å². The Morgan fingerprint density at radius 1 is 1.16 bits per heavy atom. The number of hydrogen-bond acceptors (Lipinski definition) is 3. The van der Waals surface area contributed by atoms with Gasteiger partial charge in [0.25, 0.3) is 0 Å². The highest BCUT2D eigenvalue weighted by atomic mass is 35.5. The summed E-state index contributed by atoms with van der Waals surface area (Å²) in [4.78, 5) is 9.82. The van der Waals surface area contributed by atoms with E-state index in [1.807, 2.05) is 25.1 Å². The Bertz CT molecular complexity index is 926. The van der Waals surface area contributed by atoms with Crippen LogP contribution in [0, 0.1) is 6.92 Å². The molecule has 0 aliphatic rings. The van der Waals surface area contributed by atoms with E-state index in [9.17, 15) is 5.11 Å². The van der Waals surface area contributed by atoms with Crippen LogP contribution >= 0.6 is 11.6 Å². The van der Waals surface area contributed by atoms with Crippen LogP contribution in [0.1, 0.15) is 25.0 Å². The Morgan fingerprint density at radius 2 is 1.92 bits per heavy atom. The van der Waals surface area contributed by atoms with E-state index < -0.39 is 0 Å². The number of benzene rings is 2. The molecule has 0 unspecified atom stereocenters. The molecule has 2 N–H and O–H groups in total. The number of aryl methyl sites for hydroxylation is 1. The maximum atomic E-state index is 10.2. The molecule has 0 saturated carbocycles. The number of fused-ring (bicyclic) bond motifs is 1. The highest BCUT2D eigenvalue weighted by Crippen LogP contribution is 2.30. The van der Waals surface area contributed by atoms with E-state index in [4.69, 9.17) is 11.6 Å². The van der Waals surface area contributed by atoms with Gasteiger partial charge >= 0.3 is 0 Å². The summed E-state index contributed by atoms with van der Waals surface area (Å²) in [5, 5.41) is 11.6. The van der Waals surface area contributed by atoms with Crippen LogP contribution in [0.3, 0.4) is 0 Å². The third kappa shape index (κ3) is 3.49. The van der Waals surface area contributed by atoms with Crippen LogP contribution < -0.4 is 4.90 Å². The SMILES string of the molecule is CCN(CC)c1ccc(N=Cc2c(O)[nH]c3ccc(Cl)cc23)c(C)c1. The van der Waals surface area contributed by atoms with E-state index in [0.29, 0.717) is 10.6 Å². The van der Waals surface area contributed by atoms with E-state index in [1.165, 1.54) is 5.69 Å². The molecule has 3 aromatic rings. The molecule has 0 saturated heterocycles. The first-order valence-electron chi connectivity index (χ1n) is 8.43. The second-order valence-electron chi connectivity index (χ2n) is 5.98. The van der Waals surface area contributed by atoms with Gasteiger partial charge in [-0.2, -0.15) is 0 Å². The van der Waals surface area contributed by atoms with E-state index in [1.54, 1.807) is 12.3 Å². The Hall–Kier alpha value is -2.46. The molecule has 130 valence electrons. The van der Waals surface area contributed by atoms with Gasteiger partial charge in [-0.3, -0.25) is 4.99 Å². The molecule has 0 radical (unpaired) electrons. The van der Waals surface area contributed by atoms with Crippen molar-refractivity contribution < 1.29 is 5.11 Å². The fraction of sp³-hybridized carbons (Fsp3) is 0.250. The average Bonchev–Trinajstić information content (AvgIpc) is 2.90. The number of aliphatic imine (C=N–C) groups is 1. The van der Waals surface area contributed by atoms with Crippen molar-refractivity contribution in [3.05, 3.63) is 52.5 Å². The van der Waals surface area contributed by atoms with Crippen LogP contribution in [0.15, 0.2) is 41.4 Å². The molecule has 0 aliphatic heterocycles. The predicted octanol–water partition coefficient (Wildman–Crippen LogP) is 5.43. The van der Waals surface area contributed by atoms with Crippen molar-refractivity contribution in [2.24, 2.45) is 4.99 Å². The first-order valence-corrected chi connectivity index (χ1v) is 8.81. The highest BCUT2D eigenvalue weighted by Gasteiger charge is 2.10. The minimum atomic E-state index is 0.0958. The van der Waals surface area contributed by atoms with Gasteiger partial charge in [-0.15, -0.1) is 0 Å². The molecule has 0 atom stereocenters. The molecule has 1 heterocycles. The lowest BCUT2D eigenvalue weighted by Gasteiger charge is -2.21. The quantitative estimate of drug-likeness (QED) is 0.599. The van der Waals surface area contributed by atoms with E-state index in [0.717, 1.165) is 35.2 Å². The molecule has 0 amide bonds. The summed E-state index contributed by atoms with van der Waals surface area (Å²) < 4.78 is 0. The monoisotopic (exact) mass is 355 g/mol. The van der Waals surface area contributed by atoms with Crippen molar-refractivity contribution in [2.75, 3.05) is 18.0 Å². The second kappa shape index (κ2) is 7.19. The zero-order chi connectivity index (χ0) is 18.0. The largest absolute Gasteiger partial charge is 0.494 e. The molecule has 0 fully saturated rings. The molecular weight excluding hydrogens is 334 g/mol. The second-order valence-corrected chi connectivity index (χ2v) is 6.41. The van der Waals surface area contributed by atoms with Gasteiger partial charge in [0.2, 0.25) is 0 Å². The van der Waals surface area contributed by atoms with Crippen LogP contribution in [0.4, 0.5) is 11.4 Å². The number of hydrogen-bond donors (Lipinski definition) is 2. The van der Waals surface area contributed by atoms with Crippen LogP contribution in [0.25, 0.3) is 10.9 Å². The molecule has 0 aliphatic carbocycles. The number of aromatic nitrogens is 1. The van der Waals surface area contributed by atoms with Gasteiger partial charge in [-0.25, -0.2) is 0 Å². The number of nitrogens with one attached hydrogen (secondary N) is 1. The van der Waals surface area contributed by atoms with Gasteiger partial charge in [-0.05, 0) is 62.7 Å². The maximum absolute atomic E-state index is 10.2. The van der Waals surface area contributed by atoms with Crippen molar-refractivity contribution >= 4 is 40.1 Å². The lowest BCUT2D eigenvalue weighted by atomic mass is 10.1. The molecule has 2 aromatic carbocycles. The molecule has 5 heteroatoms. The summed E-state index contributed by atoms with van der Waals surface area (Å²) >= 11 is 6.07. The van der Waals surface area contributed by atoms with Gasteiger partial charge in [0.05, 0.1) is 11.3 Å². The van der Waals surface area contributed by atoms with Crippen LogP contribution in [0.2, 0.25) is 5.02 Å². The summed E-state index contributed by atoms with van der Waals surface area (Å²) in [7, 11) is 0. The van der Waals surface area contributed by atoms with E-state index >= 15 is 0 Å². The fourth-order valence-corrected chi connectivity index (χ4v) is 3.18. The number of aromatic amines is 1. The third-order valence-electron chi connectivity index (χ3n) is 4.42. The number of H-pyrrole nitrogens is 1. The number of rotatable bonds is 5. The number of nitrogens with zero attached hydrogens (tertiary/aromatic N) is 2. The van der Waals surface area contributed by atoms with Gasteiger partial charge in [0, 0.05) is 40.9 Å². The zero-order valence-corrected chi connectivity index (χ0v) is 15.4. The van der Waals surface area contributed by atoms with Crippen molar-refractivity contribution in [2.45, 2.75) is 20.8 Å². The molecule has 4 nitrogen and oxygen atoms in total. The number of aromatic hydroxyl groups is 1. The van der Waals surface area contributed by atoms with Gasteiger partial charge < -0.3 is 15.0 Å². The van der Waals surface area contributed by atoms with E-state index in [-0.39, 0.29) is 5.88 Å². The topological polar surface area (TPSA) is 51.6 Å².